The normalized spacial score (nSPS) is 31.4. The molecule has 3 atom stereocenters. The Morgan fingerprint density at radius 3 is 2.86 bits per heavy atom. The summed E-state index contributed by atoms with van der Waals surface area (Å²) < 4.78 is 5.93. The molecule has 2 aliphatic heterocycles. The van der Waals surface area contributed by atoms with Gasteiger partial charge in [-0.2, -0.15) is 0 Å². The topological polar surface area (TPSA) is 41.6 Å². The van der Waals surface area contributed by atoms with Crippen LogP contribution >= 0.6 is 0 Å². The molecule has 2 fully saturated rings. The predicted octanol–water partition coefficient (Wildman–Crippen LogP) is 2.36. The third-order valence-corrected chi connectivity index (χ3v) is 5.59. The maximum atomic E-state index is 12.7. The van der Waals surface area contributed by atoms with Gasteiger partial charge in [0.15, 0.2) is 0 Å². The van der Waals surface area contributed by atoms with Crippen LogP contribution in [0.3, 0.4) is 0 Å². The van der Waals surface area contributed by atoms with Crippen LogP contribution in [0.2, 0.25) is 0 Å². The molecule has 1 N–H and O–H groups in total. The number of carbonyl (C=O) groups is 1. The van der Waals surface area contributed by atoms with Crippen molar-refractivity contribution in [2.24, 2.45) is 11.8 Å². The predicted molar refractivity (Wildman–Crippen MR) is 84.7 cm³/mol. The Labute approximate surface area is 131 Å². The highest BCUT2D eigenvalue weighted by Gasteiger charge is 2.47. The second-order valence-corrected chi connectivity index (χ2v) is 6.99. The SMILES string of the molecule is CN1C[C@@H](C(=O)NC2CCCC2)[C@@H]2COc3ccccc3[C@@H]21. The molecule has 4 nitrogen and oxygen atoms in total. The van der Waals surface area contributed by atoms with Crippen molar-refractivity contribution in [1.82, 2.24) is 10.2 Å². The number of likely N-dealkylation sites (tertiary alicyclic amines) is 1. The maximum absolute atomic E-state index is 12.7. The van der Waals surface area contributed by atoms with E-state index >= 15 is 0 Å². The highest BCUT2D eigenvalue weighted by Crippen LogP contribution is 2.46. The minimum Gasteiger partial charge on any atom is -0.493 e. The zero-order valence-electron chi connectivity index (χ0n) is 13.1. The lowest BCUT2D eigenvalue weighted by molar-refractivity contribution is -0.126. The van der Waals surface area contributed by atoms with Gasteiger partial charge in [-0.15, -0.1) is 0 Å². The highest BCUT2D eigenvalue weighted by molar-refractivity contribution is 5.80. The number of hydrogen-bond acceptors (Lipinski definition) is 3. The van der Waals surface area contributed by atoms with Crippen molar-refractivity contribution >= 4 is 5.91 Å². The summed E-state index contributed by atoms with van der Waals surface area (Å²) in [6.07, 6.45) is 4.78. The Morgan fingerprint density at radius 1 is 1.27 bits per heavy atom. The fourth-order valence-corrected chi connectivity index (χ4v) is 4.48. The first-order valence-corrected chi connectivity index (χ1v) is 8.46. The van der Waals surface area contributed by atoms with Gasteiger partial charge in [0.1, 0.15) is 5.75 Å². The first kappa shape index (κ1) is 14.1. The van der Waals surface area contributed by atoms with Gasteiger partial charge in [-0.1, -0.05) is 31.0 Å². The Morgan fingerprint density at radius 2 is 2.05 bits per heavy atom. The van der Waals surface area contributed by atoms with E-state index in [1.54, 1.807) is 0 Å². The van der Waals surface area contributed by atoms with E-state index in [9.17, 15) is 4.79 Å². The van der Waals surface area contributed by atoms with E-state index in [0.717, 1.165) is 25.1 Å². The molecule has 1 aromatic rings. The van der Waals surface area contributed by atoms with Crippen molar-refractivity contribution in [3.05, 3.63) is 29.8 Å². The van der Waals surface area contributed by atoms with Crippen LogP contribution in [0.15, 0.2) is 24.3 Å². The van der Waals surface area contributed by atoms with Crippen LogP contribution < -0.4 is 10.1 Å². The lowest BCUT2D eigenvalue weighted by Gasteiger charge is -2.33. The molecular weight excluding hydrogens is 276 g/mol. The van der Waals surface area contributed by atoms with Gasteiger partial charge in [0.05, 0.1) is 12.5 Å². The molecule has 1 aromatic carbocycles. The van der Waals surface area contributed by atoms with Crippen LogP contribution in [0.25, 0.3) is 0 Å². The zero-order chi connectivity index (χ0) is 15.1. The molecule has 4 rings (SSSR count). The molecule has 1 saturated heterocycles. The van der Waals surface area contributed by atoms with E-state index in [1.807, 2.05) is 12.1 Å². The Bertz CT molecular complexity index is 568. The van der Waals surface area contributed by atoms with Gasteiger partial charge in [0.2, 0.25) is 5.91 Å². The first-order valence-electron chi connectivity index (χ1n) is 8.46. The van der Waals surface area contributed by atoms with Crippen LogP contribution in [0.4, 0.5) is 0 Å². The summed E-state index contributed by atoms with van der Waals surface area (Å²) in [6.45, 7) is 1.47. The van der Waals surface area contributed by atoms with Gasteiger partial charge < -0.3 is 10.1 Å². The Kier molecular flexibility index (Phi) is 3.57. The van der Waals surface area contributed by atoms with Crippen LogP contribution in [-0.4, -0.2) is 37.0 Å². The number of ether oxygens (including phenoxy) is 1. The van der Waals surface area contributed by atoms with Crippen molar-refractivity contribution in [1.29, 1.82) is 0 Å². The lowest BCUT2D eigenvalue weighted by atomic mass is 9.85. The van der Waals surface area contributed by atoms with Crippen LogP contribution in [0, 0.1) is 11.8 Å². The summed E-state index contributed by atoms with van der Waals surface area (Å²) in [5.74, 6) is 1.52. The summed E-state index contributed by atoms with van der Waals surface area (Å²) >= 11 is 0. The van der Waals surface area contributed by atoms with Crippen molar-refractivity contribution in [3.8, 4) is 5.75 Å². The van der Waals surface area contributed by atoms with Crippen molar-refractivity contribution < 1.29 is 9.53 Å². The number of rotatable bonds is 2. The molecule has 0 spiro atoms. The number of carbonyl (C=O) groups excluding carboxylic acids is 1. The fourth-order valence-electron chi connectivity index (χ4n) is 4.48. The van der Waals surface area contributed by atoms with E-state index in [1.165, 1.54) is 18.4 Å². The zero-order valence-corrected chi connectivity index (χ0v) is 13.1. The van der Waals surface area contributed by atoms with Gasteiger partial charge in [-0.3, -0.25) is 9.69 Å². The van der Waals surface area contributed by atoms with E-state index < -0.39 is 0 Å². The van der Waals surface area contributed by atoms with Gasteiger partial charge in [0.25, 0.3) is 0 Å². The molecule has 1 amide bonds. The standard InChI is InChI=1S/C18H24N2O2/c1-20-10-14(18(21)19-12-6-2-3-7-12)15-11-22-16-9-5-4-8-13(16)17(15)20/h4-5,8-9,12,14-15,17H,2-3,6-7,10-11H2,1H3,(H,19,21)/t14-,15+,17+/m1/s1. The largest absolute Gasteiger partial charge is 0.493 e. The number of nitrogens with zero attached hydrogens (tertiary/aromatic N) is 1. The van der Waals surface area contributed by atoms with Crippen LogP contribution in [0.5, 0.6) is 5.75 Å². The van der Waals surface area contributed by atoms with Gasteiger partial charge in [0, 0.05) is 30.1 Å². The molecule has 0 unspecified atom stereocenters. The second-order valence-electron chi connectivity index (χ2n) is 6.99. The number of hydrogen-bond donors (Lipinski definition) is 1. The molecule has 118 valence electrons. The average molecular weight is 300 g/mol. The highest BCUT2D eigenvalue weighted by atomic mass is 16.5. The molecule has 1 aliphatic carbocycles. The van der Waals surface area contributed by atoms with Crippen LogP contribution in [0.1, 0.15) is 37.3 Å². The Hall–Kier alpha value is -1.55. The van der Waals surface area contributed by atoms with Crippen molar-refractivity contribution in [3.63, 3.8) is 0 Å². The second kappa shape index (κ2) is 5.58. The summed E-state index contributed by atoms with van der Waals surface area (Å²) in [6, 6.07) is 8.95. The number of benzene rings is 1. The third-order valence-electron chi connectivity index (χ3n) is 5.59. The smallest absolute Gasteiger partial charge is 0.225 e. The monoisotopic (exact) mass is 300 g/mol. The third kappa shape index (κ3) is 2.30. The quantitative estimate of drug-likeness (QED) is 0.911. The summed E-state index contributed by atoms with van der Waals surface area (Å²) in [5, 5.41) is 3.28. The average Bonchev–Trinajstić information content (AvgIpc) is 3.15. The minimum absolute atomic E-state index is 0.0453. The first-order chi connectivity index (χ1) is 10.7. The van der Waals surface area contributed by atoms with Crippen molar-refractivity contribution in [2.75, 3.05) is 20.2 Å². The molecule has 0 radical (unpaired) electrons. The van der Waals surface area contributed by atoms with E-state index in [-0.39, 0.29) is 17.7 Å². The summed E-state index contributed by atoms with van der Waals surface area (Å²) in [4.78, 5) is 15.0. The molecule has 1 saturated carbocycles. The molecule has 2 heterocycles. The van der Waals surface area contributed by atoms with Crippen LogP contribution in [-0.2, 0) is 4.79 Å². The molecule has 22 heavy (non-hydrogen) atoms. The van der Waals surface area contributed by atoms with Gasteiger partial charge in [-0.05, 0) is 26.0 Å². The summed E-state index contributed by atoms with van der Waals surface area (Å²) in [5.41, 5.74) is 1.23. The molecule has 0 aromatic heterocycles. The van der Waals surface area contributed by atoms with E-state index in [2.05, 4.69) is 29.4 Å². The number of fused-ring (bicyclic) bond motifs is 3. The summed E-state index contributed by atoms with van der Waals surface area (Å²) in [7, 11) is 2.13. The molecule has 0 bridgehead atoms. The molecular formula is C18H24N2O2. The maximum Gasteiger partial charge on any atom is 0.225 e. The number of nitrogens with one attached hydrogen (secondary N) is 1. The van der Waals surface area contributed by atoms with Gasteiger partial charge in [-0.25, -0.2) is 0 Å². The van der Waals surface area contributed by atoms with E-state index in [4.69, 9.17) is 4.74 Å². The Balaban J connectivity index is 1.54. The fraction of sp³-hybridized carbons (Fsp3) is 0.611. The van der Waals surface area contributed by atoms with E-state index in [0.29, 0.717) is 18.7 Å². The number of para-hydroxylation sites is 1. The lowest BCUT2D eigenvalue weighted by Crippen LogP contribution is -2.42. The molecule has 4 heteroatoms. The minimum atomic E-state index is 0.0453. The van der Waals surface area contributed by atoms with Gasteiger partial charge >= 0.3 is 0 Å². The number of amides is 1. The molecule has 3 aliphatic rings. The van der Waals surface area contributed by atoms with Crippen molar-refractivity contribution in [2.45, 2.75) is 37.8 Å².